The lowest BCUT2D eigenvalue weighted by atomic mass is 10.1. The topological polar surface area (TPSA) is 88.8 Å². The van der Waals surface area contributed by atoms with Crippen LogP contribution in [0.4, 0.5) is 19.0 Å². The van der Waals surface area contributed by atoms with E-state index in [0.717, 1.165) is 30.2 Å². The summed E-state index contributed by atoms with van der Waals surface area (Å²) in [7, 11) is 0. The monoisotopic (exact) mass is 463 g/mol. The molecular weight excluding hydrogens is 435 g/mol. The van der Waals surface area contributed by atoms with Crippen LogP contribution in [0.2, 0.25) is 0 Å². The second-order valence-corrected chi connectivity index (χ2v) is 6.98. The summed E-state index contributed by atoms with van der Waals surface area (Å²) in [6.07, 6.45) is 4.95. The Morgan fingerprint density at radius 1 is 1.18 bits per heavy atom. The summed E-state index contributed by atoms with van der Waals surface area (Å²) < 4.78 is 40.5. The molecule has 3 rings (SSSR count). The van der Waals surface area contributed by atoms with Crippen LogP contribution in [-0.2, 0) is 5.92 Å². The summed E-state index contributed by atoms with van der Waals surface area (Å²) in [5.74, 6) is -3.54. The van der Waals surface area contributed by atoms with E-state index in [1.165, 1.54) is 29.4 Å². The number of carbonyl (C=O) groups is 1. The van der Waals surface area contributed by atoms with E-state index in [9.17, 15) is 18.0 Å². The summed E-state index contributed by atoms with van der Waals surface area (Å²) in [6.45, 7) is 9.05. The van der Waals surface area contributed by atoms with Crippen LogP contribution >= 0.6 is 0 Å². The Kier molecular flexibility index (Phi) is 8.89. The summed E-state index contributed by atoms with van der Waals surface area (Å²) in [5, 5.41) is 11.0. The Hall–Kier alpha value is -3.50. The van der Waals surface area contributed by atoms with Crippen molar-refractivity contribution in [3.8, 4) is 5.82 Å². The molecule has 0 unspecified atom stereocenters. The molecule has 0 radical (unpaired) electrons. The molecule has 0 bridgehead atoms. The Morgan fingerprint density at radius 3 is 2.39 bits per heavy atom. The van der Waals surface area contributed by atoms with E-state index in [2.05, 4.69) is 25.5 Å². The number of rotatable bonds is 8. The minimum atomic E-state index is -2.97. The van der Waals surface area contributed by atoms with Gasteiger partial charge in [-0.2, -0.15) is 10.2 Å². The highest BCUT2D eigenvalue weighted by Gasteiger charge is 2.26. The van der Waals surface area contributed by atoms with E-state index < -0.39 is 17.6 Å². The van der Waals surface area contributed by atoms with Crippen molar-refractivity contribution in [2.24, 2.45) is 0 Å². The Morgan fingerprint density at radius 2 is 1.85 bits per heavy atom. The third-order valence-electron chi connectivity index (χ3n) is 4.65. The fourth-order valence-corrected chi connectivity index (χ4v) is 3.00. The van der Waals surface area contributed by atoms with Crippen LogP contribution in [-0.4, -0.2) is 54.9 Å². The normalized spacial score (nSPS) is 11.9. The van der Waals surface area contributed by atoms with Crippen LogP contribution < -0.4 is 5.32 Å². The van der Waals surface area contributed by atoms with Crippen molar-refractivity contribution < 1.29 is 18.0 Å². The molecule has 1 amide bonds. The van der Waals surface area contributed by atoms with Gasteiger partial charge in [0.05, 0.1) is 24.2 Å². The zero-order valence-corrected chi connectivity index (χ0v) is 19.3. The number of hydrogen-bond acceptors (Lipinski definition) is 6. The lowest BCUT2D eigenvalue weighted by Gasteiger charge is -2.29. The van der Waals surface area contributed by atoms with Crippen molar-refractivity contribution >= 4 is 11.7 Å². The highest BCUT2D eigenvalue weighted by atomic mass is 19.3. The SMILES string of the molecule is CC.CCN(C(=O)c1cc(F)cnc1-n1nccn1)[C@@H](C)CNc1ccc(C(C)(F)F)cn1. The minimum Gasteiger partial charge on any atom is -0.368 e. The zero-order valence-electron chi connectivity index (χ0n) is 19.3. The largest absolute Gasteiger partial charge is 0.368 e. The molecule has 11 heteroatoms. The molecule has 0 saturated heterocycles. The van der Waals surface area contributed by atoms with Crippen molar-refractivity contribution in [3.05, 3.63) is 59.9 Å². The van der Waals surface area contributed by atoms with Crippen LogP contribution in [0.15, 0.2) is 43.0 Å². The van der Waals surface area contributed by atoms with Crippen molar-refractivity contribution in [2.45, 2.75) is 46.6 Å². The Labute approximate surface area is 190 Å². The first-order valence-corrected chi connectivity index (χ1v) is 10.6. The number of carbonyl (C=O) groups excluding carboxylic acids is 1. The lowest BCUT2D eigenvalue weighted by Crippen LogP contribution is -2.42. The smallest absolute Gasteiger partial charge is 0.272 e. The molecule has 33 heavy (non-hydrogen) atoms. The number of nitrogens with one attached hydrogen (secondary N) is 1. The van der Waals surface area contributed by atoms with E-state index in [0.29, 0.717) is 18.9 Å². The predicted octanol–water partition coefficient (Wildman–Crippen LogP) is 4.30. The number of likely N-dealkylation sites (N-methyl/N-ethyl adjacent to an activating group) is 1. The first kappa shape index (κ1) is 25.8. The van der Waals surface area contributed by atoms with E-state index in [1.807, 2.05) is 20.8 Å². The van der Waals surface area contributed by atoms with Gasteiger partial charge in [-0.25, -0.2) is 23.1 Å². The fraction of sp³-hybridized carbons (Fsp3) is 0.409. The van der Waals surface area contributed by atoms with Gasteiger partial charge in [0.15, 0.2) is 5.82 Å². The fourth-order valence-electron chi connectivity index (χ4n) is 3.00. The van der Waals surface area contributed by atoms with Gasteiger partial charge in [0, 0.05) is 37.8 Å². The van der Waals surface area contributed by atoms with Gasteiger partial charge in [-0.3, -0.25) is 4.79 Å². The minimum absolute atomic E-state index is 0.0255. The summed E-state index contributed by atoms with van der Waals surface area (Å²) in [4.78, 5) is 23.8. The van der Waals surface area contributed by atoms with Crippen molar-refractivity contribution in [1.82, 2.24) is 29.9 Å². The molecule has 3 heterocycles. The maximum atomic E-state index is 13.8. The molecule has 0 spiro atoms. The summed E-state index contributed by atoms with van der Waals surface area (Å²) >= 11 is 0. The van der Waals surface area contributed by atoms with Crippen molar-refractivity contribution in [3.63, 3.8) is 0 Å². The number of anilines is 1. The Balaban J connectivity index is 0.00000187. The van der Waals surface area contributed by atoms with Gasteiger partial charge in [0.25, 0.3) is 11.8 Å². The average molecular weight is 464 g/mol. The molecule has 1 N–H and O–H groups in total. The molecule has 1 atom stereocenters. The number of aromatic nitrogens is 5. The van der Waals surface area contributed by atoms with E-state index in [-0.39, 0.29) is 23.0 Å². The molecule has 0 aromatic carbocycles. The quantitative estimate of drug-likeness (QED) is 0.536. The first-order chi connectivity index (χ1) is 15.7. The van der Waals surface area contributed by atoms with Crippen LogP contribution in [0, 0.1) is 5.82 Å². The summed E-state index contributed by atoms with van der Waals surface area (Å²) in [5.41, 5.74) is -0.160. The molecule has 178 valence electrons. The number of pyridine rings is 2. The maximum absolute atomic E-state index is 13.8. The van der Waals surface area contributed by atoms with Gasteiger partial charge >= 0.3 is 0 Å². The number of alkyl halides is 2. The predicted molar refractivity (Wildman–Crippen MR) is 119 cm³/mol. The van der Waals surface area contributed by atoms with Gasteiger partial charge in [-0.15, -0.1) is 4.80 Å². The molecule has 0 aliphatic carbocycles. The molecule has 0 fully saturated rings. The molecule has 3 aromatic heterocycles. The van der Waals surface area contributed by atoms with Crippen molar-refractivity contribution in [1.29, 1.82) is 0 Å². The zero-order chi connectivity index (χ0) is 24.6. The van der Waals surface area contributed by atoms with Crippen molar-refractivity contribution in [2.75, 3.05) is 18.4 Å². The molecule has 0 aliphatic rings. The maximum Gasteiger partial charge on any atom is 0.272 e. The number of halogens is 3. The highest BCUT2D eigenvalue weighted by molar-refractivity contribution is 5.97. The Bertz CT molecular complexity index is 1020. The number of amides is 1. The third-order valence-corrected chi connectivity index (χ3v) is 4.65. The van der Waals surface area contributed by atoms with Crippen LogP contribution in [0.25, 0.3) is 5.82 Å². The van der Waals surface area contributed by atoms with Crippen LogP contribution in [0.3, 0.4) is 0 Å². The molecule has 0 saturated carbocycles. The van der Waals surface area contributed by atoms with Crippen LogP contribution in [0.1, 0.15) is 50.5 Å². The average Bonchev–Trinajstić information content (AvgIpc) is 3.34. The van der Waals surface area contributed by atoms with Gasteiger partial charge in [0.1, 0.15) is 11.6 Å². The molecular formula is C22H28F3N7O. The van der Waals surface area contributed by atoms with E-state index in [4.69, 9.17) is 0 Å². The van der Waals surface area contributed by atoms with Gasteiger partial charge in [0.2, 0.25) is 0 Å². The summed E-state index contributed by atoms with van der Waals surface area (Å²) in [6, 6.07) is 3.52. The second kappa shape index (κ2) is 11.4. The molecule has 0 aliphatic heterocycles. The first-order valence-electron chi connectivity index (χ1n) is 10.6. The second-order valence-electron chi connectivity index (χ2n) is 6.98. The van der Waals surface area contributed by atoms with Crippen LogP contribution in [0.5, 0.6) is 0 Å². The highest BCUT2D eigenvalue weighted by Crippen LogP contribution is 2.26. The van der Waals surface area contributed by atoms with E-state index in [1.54, 1.807) is 6.92 Å². The van der Waals surface area contributed by atoms with Gasteiger partial charge < -0.3 is 10.2 Å². The lowest BCUT2D eigenvalue weighted by molar-refractivity contribution is 0.0171. The molecule has 3 aromatic rings. The third kappa shape index (κ3) is 6.50. The standard InChI is InChI=1S/C20H22F3N7O.C2H6/c1-4-29(13(2)10-24-17-6-5-14(11-25-17)20(3,22)23)19(31)16-9-15(21)12-26-18(16)30-27-7-8-28-30;1-2/h5-9,11-13H,4,10H2,1-3H3,(H,24,25);1-2H3/t13-;/m0./s1. The van der Waals surface area contributed by atoms with E-state index >= 15 is 0 Å². The number of nitrogens with zero attached hydrogens (tertiary/aromatic N) is 6. The van der Waals surface area contributed by atoms with Gasteiger partial charge in [-0.1, -0.05) is 13.8 Å². The number of hydrogen-bond donors (Lipinski definition) is 1. The van der Waals surface area contributed by atoms with Gasteiger partial charge in [-0.05, 0) is 32.0 Å². The molecule has 8 nitrogen and oxygen atoms in total.